The third kappa shape index (κ3) is 14.2. The van der Waals surface area contributed by atoms with E-state index in [-0.39, 0.29) is 44.0 Å². The number of anilines is 1. The van der Waals surface area contributed by atoms with Crippen molar-refractivity contribution in [3.63, 3.8) is 0 Å². The number of rotatable bonds is 16. The van der Waals surface area contributed by atoms with Crippen LogP contribution in [0.25, 0.3) is 11.0 Å². The molecule has 0 saturated carbocycles. The number of ether oxygens (including phenoxy) is 2. The molecule has 16 heteroatoms. The number of esters is 1. The number of benzene rings is 2. The first kappa shape index (κ1) is 39.5. The highest BCUT2D eigenvalue weighted by Gasteiger charge is 2.27. The lowest BCUT2D eigenvalue weighted by Gasteiger charge is -2.23. The summed E-state index contributed by atoms with van der Waals surface area (Å²) in [5.74, 6) is -2.94. The van der Waals surface area contributed by atoms with Crippen molar-refractivity contribution in [1.82, 2.24) is 21.3 Å². The van der Waals surface area contributed by atoms with E-state index in [1.165, 1.54) is 12.1 Å². The summed E-state index contributed by atoms with van der Waals surface area (Å²) in [6, 6.07) is 12.8. The molecule has 1 aromatic heterocycles. The standard InChI is InChI=1S/C35H45N7O9/c1-21-17-30(45)50-27-18-23(12-13-24(21)27)40-32(47)25(11-8-16-38-33(36)37)41-28(43)19-39-31(46)26(42-34(48)51-35(2,3)4)14-15-29(44)49-20-22-9-6-5-7-10-22/h5-7,9-10,12-13,17-18,25-26H,8,11,14-16,19-20H2,1-4H3,(H,39,46)(H,40,47)(H,41,43)(H,42,48)(H4,36,37,38)/t25-,26-/m0/s1. The molecule has 3 rings (SSSR count). The molecule has 4 amide bonds. The van der Waals surface area contributed by atoms with Crippen molar-refractivity contribution < 1.29 is 37.9 Å². The minimum atomic E-state index is -1.26. The lowest BCUT2D eigenvalue weighted by molar-refractivity contribution is -0.145. The van der Waals surface area contributed by atoms with Gasteiger partial charge < -0.3 is 46.2 Å². The number of alkyl carbamates (subject to hydrolysis) is 1. The Hall–Kier alpha value is -5.93. The van der Waals surface area contributed by atoms with Gasteiger partial charge >= 0.3 is 17.7 Å². The van der Waals surface area contributed by atoms with E-state index in [1.807, 2.05) is 6.07 Å². The molecule has 8 N–H and O–H groups in total. The highest BCUT2D eigenvalue weighted by atomic mass is 16.6. The van der Waals surface area contributed by atoms with Gasteiger partial charge in [0.25, 0.3) is 0 Å². The second-order valence-corrected chi connectivity index (χ2v) is 12.7. The minimum absolute atomic E-state index is 0.0344. The second kappa shape index (κ2) is 18.7. The summed E-state index contributed by atoms with van der Waals surface area (Å²) in [6.07, 6.45) is -0.815. The van der Waals surface area contributed by atoms with Crippen molar-refractivity contribution in [3.05, 3.63) is 76.1 Å². The van der Waals surface area contributed by atoms with Gasteiger partial charge in [0.05, 0.1) is 6.54 Å². The first-order chi connectivity index (χ1) is 24.1. The van der Waals surface area contributed by atoms with E-state index in [1.54, 1.807) is 64.1 Å². The predicted octanol–water partition coefficient (Wildman–Crippen LogP) is 2.32. The van der Waals surface area contributed by atoms with Crippen LogP contribution in [0.15, 0.2) is 63.8 Å². The van der Waals surface area contributed by atoms with Crippen LogP contribution in [-0.4, -0.2) is 66.5 Å². The van der Waals surface area contributed by atoms with Gasteiger partial charge in [0.1, 0.15) is 29.9 Å². The Morgan fingerprint density at radius 3 is 2.31 bits per heavy atom. The van der Waals surface area contributed by atoms with E-state index in [9.17, 15) is 28.8 Å². The maximum Gasteiger partial charge on any atom is 0.408 e. The number of carbonyl (C=O) groups is 5. The maximum atomic E-state index is 13.3. The molecule has 0 aliphatic rings. The average Bonchev–Trinajstić information content (AvgIpc) is 3.05. The van der Waals surface area contributed by atoms with Crippen LogP contribution >= 0.6 is 0 Å². The Labute approximate surface area is 294 Å². The molecule has 2 aromatic carbocycles. The number of nitrogens with two attached hydrogens (primary N) is 1. The van der Waals surface area contributed by atoms with Crippen molar-refractivity contribution in [2.24, 2.45) is 5.73 Å². The highest BCUT2D eigenvalue weighted by molar-refractivity contribution is 5.99. The van der Waals surface area contributed by atoms with Gasteiger partial charge in [-0.15, -0.1) is 0 Å². The Morgan fingerprint density at radius 2 is 1.63 bits per heavy atom. The van der Waals surface area contributed by atoms with Gasteiger partial charge in [0, 0.05) is 36.2 Å². The fraction of sp³-hybridized carbons (Fsp3) is 0.400. The van der Waals surface area contributed by atoms with Crippen molar-refractivity contribution in [2.45, 2.75) is 77.7 Å². The van der Waals surface area contributed by atoms with E-state index in [0.717, 1.165) is 5.56 Å². The molecule has 0 bridgehead atoms. The molecule has 1 heterocycles. The topological polar surface area (TPSA) is 244 Å². The molecule has 0 radical (unpaired) electrons. The molecule has 0 aliphatic heterocycles. The first-order valence-corrected chi connectivity index (χ1v) is 16.3. The summed E-state index contributed by atoms with van der Waals surface area (Å²) >= 11 is 0. The van der Waals surface area contributed by atoms with Crippen LogP contribution in [0.5, 0.6) is 0 Å². The monoisotopic (exact) mass is 707 g/mol. The fourth-order valence-electron chi connectivity index (χ4n) is 4.76. The van der Waals surface area contributed by atoms with Gasteiger partial charge in [0.15, 0.2) is 5.96 Å². The molecule has 3 aromatic rings. The molecule has 0 unspecified atom stereocenters. The van der Waals surface area contributed by atoms with Gasteiger partial charge in [-0.1, -0.05) is 30.3 Å². The Kier molecular flexibility index (Phi) is 14.5. The van der Waals surface area contributed by atoms with E-state index in [0.29, 0.717) is 23.1 Å². The molecule has 51 heavy (non-hydrogen) atoms. The average molecular weight is 708 g/mol. The number of guanidine groups is 1. The van der Waals surface area contributed by atoms with Gasteiger partial charge in [-0.2, -0.15) is 0 Å². The van der Waals surface area contributed by atoms with Gasteiger partial charge in [-0.05, 0) is 70.2 Å². The SMILES string of the molecule is Cc1cc(=O)oc2cc(NC(=O)[C@H](CCCNC(=N)N)NC(=O)CNC(=O)[C@H](CCC(=O)OCc3ccccc3)NC(=O)OC(C)(C)C)ccc12. The normalized spacial score (nSPS) is 12.2. The van der Waals surface area contributed by atoms with Crippen LogP contribution in [0.1, 0.15) is 57.6 Å². The fourth-order valence-corrected chi connectivity index (χ4v) is 4.76. The van der Waals surface area contributed by atoms with Crippen molar-refractivity contribution >= 4 is 52.4 Å². The smallest absolute Gasteiger partial charge is 0.408 e. The zero-order valence-corrected chi connectivity index (χ0v) is 29.1. The molecule has 0 fully saturated rings. The van der Waals surface area contributed by atoms with E-state index < -0.39 is 59.6 Å². The molecular formula is C35H45N7O9. The lowest BCUT2D eigenvalue weighted by atomic mass is 10.1. The maximum absolute atomic E-state index is 13.3. The first-order valence-electron chi connectivity index (χ1n) is 16.3. The molecule has 16 nitrogen and oxygen atoms in total. The van der Waals surface area contributed by atoms with Crippen LogP contribution in [-0.2, 0) is 35.3 Å². The van der Waals surface area contributed by atoms with Crippen LogP contribution < -0.4 is 37.9 Å². The summed E-state index contributed by atoms with van der Waals surface area (Å²) in [5.41, 5.74) is 6.00. The number of hydrogen-bond donors (Lipinski definition) is 7. The Balaban J connectivity index is 1.64. The van der Waals surface area contributed by atoms with Gasteiger partial charge in [0.2, 0.25) is 17.7 Å². The molecule has 0 saturated heterocycles. The van der Waals surface area contributed by atoms with Crippen LogP contribution in [0.3, 0.4) is 0 Å². The number of amides is 4. The van der Waals surface area contributed by atoms with Crippen molar-refractivity contribution in [2.75, 3.05) is 18.4 Å². The zero-order chi connectivity index (χ0) is 37.6. The van der Waals surface area contributed by atoms with Crippen LogP contribution in [0.2, 0.25) is 0 Å². The van der Waals surface area contributed by atoms with Crippen molar-refractivity contribution in [3.8, 4) is 0 Å². The quantitative estimate of drug-likeness (QED) is 0.0374. The molecule has 0 spiro atoms. The third-order valence-corrected chi connectivity index (χ3v) is 7.17. The van der Waals surface area contributed by atoms with Crippen molar-refractivity contribution in [1.29, 1.82) is 5.41 Å². The van der Waals surface area contributed by atoms with E-state index in [2.05, 4.69) is 26.6 Å². The largest absolute Gasteiger partial charge is 0.461 e. The van der Waals surface area contributed by atoms with Gasteiger partial charge in [-0.25, -0.2) is 9.59 Å². The Morgan fingerprint density at radius 1 is 0.922 bits per heavy atom. The highest BCUT2D eigenvalue weighted by Crippen LogP contribution is 2.21. The minimum Gasteiger partial charge on any atom is -0.461 e. The lowest BCUT2D eigenvalue weighted by Crippen LogP contribution is -2.52. The predicted molar refractivity (Wildman–Crippen MR) is 189 cm³/mol. The van der Waals surface area contributed by atoms with Crippen LogP contribution in [0.4, 0.5) is 10.5 Å². The summed E-state index contributed by atoms with van der Waals surface area (Å²) in [5, 5.41) is 20.8. The summed E-state index contributed by atoms with van der Waals surface area (Å²) in [4.78, 5) is 76.3. The number of fused-ring (bicyclic) bond motifs is 1. The number of nitrogens with one attached hydrogen (secondary N) is 6. The van der Waals surface area contributed by atoms with Crippen LogP contribution in [0, 0.1) is 12.3 Å². The number of carbonyl (C=O) groups excluding carboxylic acids is 5. The molecule has 2 atom stereocenters. The Bertz CT molecular complexity index is 1770. The number of hydrogen-bond acceptors (Lipinski definition) is 10. The molecule has 274 valence electrons. The summed E-state index contributed by atoms with van der Waals surface area (Å²) in [6.45, 7) is 6.41. The van der Waals surface area contributed by atoms with E-state index >= 15 is 0 Å². The zero-order valence-electron chi connectivity index (χ0n) is 29.1. The number of aryl methyl sites for hydroxylation is 1. The second-order valence-electron chi connectivity index (χ2n) is 12.7. The van der Waals surface area contributed by atoms with Gasteiger partial charge in [-0.3, -0.25) is 24.6 Å². The summed E-state index contributed by atoms with van der Waals surface area (Å²) in [7, 11) is 0. The molecular weight excluding hydrogens is 662 g/mol. The molecule has 0 aliphatic carbocycles. The third-order valence-electron chi connectivity index (χ3n) is 7.17. The summed E-state index contributed by atoms with van der Waals surface area (Å²) < 4.78 is 15.8. The van der Waals surface area contributed by atoms with E-state index in [4.69, 9.17) is 25.0 Å².